The van der Waals surface area contributed by atoms with E-state index < -0.39 is 0 Å². The number of hydrogen-bond acceptors (Lipinski definition) is 4. The summed E-state index contributed by atoms with van der Waals surface area (Å²) >= 11 is 0. The van der Waals surface area contributed by atoms with Crippen LogP contribution in [0.4, 0.5) is 11.4 Å². The normalized spacial score (nSPS) is 14.5. The van der Waals surface area contributed by atoms with Gasteiger partial charge in [0.15, 0.2) is 11.2 Å². The molecule has 9 aromatic rings. The smallest absolute Gasteiger partial charge is 0.178 e. The Morgan fingerprint density at radius 3 is 1.85 bits per heavy atom. The highest BCUT2D eigenvalue weighted by Gasteiger charge is 2.27. The fourth-order valence-electron chi connectivity index (χ4n) is 7.27. The number of rotatable bonds is 3. The molecule has 1 aliphatic heterocycles. The zero-order valence-corrected chi connectivity index (χ0v) is 25.1. The van der Waals surface area contributed by atoms with E-state index >= 15 is 0 Å². The second-order valence-electron chi connectivity index (χ2n) is 12.3. The van der Waals surface area contributed by atoms with Crippen molar-refractivity contribution < 1.29 is 8.83 Å². The Bertz CT molecular complexity index is 2650. The van der Waals surface area contributed by atoms with Crippen LogP contribution < -0.4 is 10.2 Å². The number of nitrogens with zero attached hydrogens (tertiary/aromatic N) is 1. The largest absolute Gasteiger partial charge is 0.452 e. The van der Waals surface area contributed by atoms with E-state index in [1.54, 1.807) is 0 Å². The summed E-state index contributed by atoms with van der Waals surface area (Å²) in [5.74, 6) is 0. The fourth-order valence-corrected chi connectivity index (χ4v) is 7.27. The lowest BCUT2D eigenvalue weighted by atomic mass is 9.96. The molecule has 0 fully saturated rings. The predicted molar refractivity (Wildman–Crippen MR) is 191 cm³/mol. The van der Waals surface area contributed by atoms with Gasteiger partial charge in [0.25, 0.3) is 0 Å². The minimum absolute atomic E-state index is 0.131. The van der Waals surface area contributed by atoms with Crippen molar-refractivity contribution in [2.24, 2.45) is 0 Å². The van der Waals surface area contributed by atoms with Crippen molar-refractivity contribution in [1.29, 1.82) is 0 Å². The molecule has 1 N–H and O–H groups in total. The lowest BCUT2D eigenvalue weighted by Gasteiger charge is -2.22. The second-order valence-corrected chi connectivity index (χ2v) is 12.3. The Labute approximate surface area is 265 Å². The molecule has 4 nitrogen and oxygen atoms in total. The lowest BCUT2D eigenvalue weighted by Crippen LogP contribution is -2.23. The molecule has 0 aliphatic carbocycles. The third-order valence-corrected chi connectivity index (χ3v) is 9.66. The van der Waals surface area contributed by atoms with Gasteiger partial charge < -0.3 is 19.1 Å². The first-order valence-corrected chi connectivity index (χ1v) is 15.7. The third kappa shape index (κ3) is 3.74. The van der Waals surface area contributed by atoms with Gasteiger partial charge in [-0.25, -0.2) is 0 Å². The van der Waals surface area contributed by atoms with E-state index in [9.17, 15) is 0 Å². The van der Waals surface area contributed by atoms with Crippen LogP contribution in [0.5, 0.6) is 0 Å². The molecule has 0 bridgehead atoms. The number of para-hydroxylation sites is 1. The van der Waals surface area contributed by atoms with Gasteiger partial charge in [-0.2, -0.15) is 0 Å². The molecule has 10 rings (SSSR count). The summed E-state index contributed by atoms with van der Waals surface area (Å²) in [6.45, 7) is 0. The number of furan rings is 2. The quantitative estimate of drug-likeness (QED) is 0.222. The van der Waals surface area contributed by atoms with E-state index in [4.69, 9.17) is 8.83 Å². The van der Waals surface area contributed by atoms with Gasteiger partial charge in [-0.3, -0.25) is 0 Å². The van der Waals surface area contributed by atoms with Gasteiger partial charge in [0.2, 0.25) is 0 Å². The Hall–Kier alpha value is -6.00. The fraction of sp³-hybridized carbons (Fsp3) is 0.0476. The van der Waals surface area contributed by atoms with Gasteiger partial charge in [-0.15, -0.1) is 0 Å². The Morgan fingerprint density at radius 2 is 1.09 bits per heavy atom. The highest BCUT2D eigenvalue weighted by molar-refractivity contribution is 6.19. The molecule has 0 amide bonds. The van der Waals surface area contributed by atoms with Crippen molar-refractivity contribution >= 4 is 66.0 Å². The van der Waals surface area contributed by atoms with Gasteiger partial charge in [0.1, 0.15) is 17.3 Å². The van der Waals surface area contributed by atoms with E-state index in [2.05, 4.69) is 139 Å². The number of fused-ring (bicyclic) bond motifs is 9. The molecule has 7 aromatic carbocycles. The van der Waals surface area contributed by atoms with Crippen LogP contribution in [0.25, 0.3) is 76.9 Å². The molecule has 218 valence electrons. The van der Waals surface area contributed by atoms with E-state index in [1.165, 1.54) is 38.7 Å². The van der Waals surface area contributed by atoms with Crippen molar-refractivity contribution in [1.82, 2.24) is 0 Å². The van der Waals surface area contributed by atoms with Crippen molar-refractivity contribution in [3.05, 3.63) is 145 Å². The molecule has 1 atom stereocenters. The third-order valence-electron chi connectivity index (χ3n) is 9.66. The minimum atomic E-state index is 0.131. The summed E-state index contributed by atoms with van der Waals surface area (Å²) in [5.41, 5.74) is 11.7. The Morgan fingerprint density at radius 1 is 0.500 bits per heavy atom. The topological polar surface area (TPSA) is 41.6 Å². The van der Waals surface area contributed by atoms with Crippen LogP contribution >= 0.6 is 0 Å². The van der Waals surface area contributed by atoms with E-state index in [-0.39, 0.29) is 6.17 Å². The first-order valence-electron chi connectivity index (χ1n) is 15.7. The van der Waals surface area contributed by atoms with Crippen molar-refractivity contribution in [2.75, 3.05) is 17.3 Å². The second kappa shape index (κ2) is 9.50. The van der Waals surface area contributed by atoms with Crippen LogP contribution in [-0.2, 0) is 0 Å². The highest BCUT2D eigenvalue weighted by Crippen LogP contribution is 2.43. The average molecular weight is 593 g/mol. The first kappa shape index (κ1) is 25.3. The highest BCUT2D eigenvalue weighted by atomic mass is 16.4. The molecule has 0 radical (unpaired) electrons. The molecular weight excluding hydrogens is 564 g/mol. The molecular formula is C42H28N2O2. The van der Waals surface area contributed by atoms with Crippen LogP contribution in [0.15, 0.2) is 148 Å². The molecule has 4 heteroatoms. The average Bonchev–Trinajstić information content (AvgIpc) is 3.78. The van der Waals surface area contributed by atoms with Crippen LogP contribution in [0, 0.1) is 0 Å². The van der Waals surface area contributed by atoms with E-state index in [1.807, 2.05) is 18.2 Å². The summed E-state index contributed by atoms with van der Waals surface area (Å²) in [4.78, 5) is 2.31. The van der Waals surface area contributed by atoms with Crippen molar-refractivity contribution in [3.8, 4) is 22.3 Å². The molecule has 0 saturated heterocycles. The standard InChI is InChI=1S/C42H28N2O2/c1-44-37-19-15-31(24-36(37)43-42(44)25-7-3-2-4-8-25)29-14-12-26-21-28(13-11-27(26)22-29)30-16-20-39-35(23-30)34-18-17-33-32-9-5-6-10-38(32)45-40(33)41(34)46-39/h2-24,42-43H,1H3. The minimum Gasteiger partial charge on any atom is -0.452 e. The molecule has 1 aliphatic rings. The van der Waals surface area contributed by atoms with Crippen LogP contribution in [0.3, 0.4) is 0 Å². The Kier molecular flexibility index (Phi) is 5.23. The first-order chi connectivity index (χ1) is 22.7. The lowest BCUT2D eigenvalue weighted by molar-refractivity contribution is 0.633. The van der Waals surface area contributed by atoms with Gasteiger partial charge >= 0.3 is 0 Å². The zero-order chi connectivity index (χ0) is 30.4. The summed E-state index contributed by atoms with van der Waals surface area (Å²) in [6, 6.07) is 49.7. The van der Waals surface area contributed by atoms with Crippen LogP contribution in [0.1, 0.15) is 11.7 Å². The molecule has 2 aromatic heterocycles. The van der Waals surface area contributed by atoms with Gasteiger partial charge in [0, 0.05) is 28.6 Å². The number of benzene rings is 7. The molecule has 46 heavy (non-hydrogen) atoms. The van der Waals surface area contributed by atoms with Gasteiger partial charge in [-0.05, 0) is 93.2 Å². The summed E-state index contributed by atoms with van der Waals surface area (Å²) in [7, 11) is 2.15. The van der Waals surface area contributed by atoms with Crippen molar-refractivity contribution in [3.63, 3.8) is 0 Å². The molecule has 1 unspecified atom stereocenters. The summed E-state index contributed by atoms with van der Waals surface area (Å²) in [5, 5.41) is 10.5. The van der Waals surface area contributed by atoms with E-state index in [0.29, 0.717) is 0 Å². The summed E-state index contributed by atoms with van der Waals surface area (Å²) in [6.07, 6.45) is 0.131. The van der Waals surface area contributed by atoms with E-state index in [0.717, 1.165) is 55.1 Å². The number of hydrogen-bond donors (Lipinski definition) is 1. The molecule has 3 heterocycles. The SMILES string of the molecule is CN1c2ccc(-c3ccc4cc(-c5ccc6oc7c(ccc8c9ccccc9oc87)c6c5)ccc4c3)cc2NC1c1ccccc1. The van der Waals surface area contributed by atoms with Gasteiger partial charge in [-0.1, -0.05) is 84.9 Å². The molecule has 0 spiro atoms. The monoisotopic (exact) mass is 592 g/mol. The zero-order valence-electron chi connectivity index (χ0n) is 25.1. The van der Waals surface area contributed by atoms with Gasteiger partial charge in [0.05, 0.1) is 11.4 Å². The maximum Gasteiger partial charge on any atom is 0.178 e. The predicted octanol–water partition coefficient (Wildman–Crippen LogP) is 11.5. The van der Waals surface area contributed by atoms with Crippen LogP contribution in [-0.4, -0.2) is 7.05 Å². The summed E-state index contributed by atoms with van der Waals surface area (Å²) < 4.78 is 12.6. The number of nitrogens with one attached hydrogen (secondary N) is 1. The number of anilines is 2. The Balaban J connectivity index is 0.992. The molecule has 0 saturated carbocycles. The maximum absolute atomic E-state index is 6.37. The van der Waals surface area contributed by atoms with Crippen molar-refractivity contribution in [2.45, 2.75) is 6.17 Å². The maximum atomic E-state index is 6.37. The van der Waals surface area contributed by atoms with Crippen LogP contribution in [0.2, 0.25) is 0 Å².